The quantitative estimate of drug-likeness (QED) is 0.160. The maximum Gasteiger partial charge on any atom is 0.252 e. The number of para-hydroxylation sites is 4. The van der Waals surface area contributed by atoms with Crippen molar-refractivity contribution in [2.45, 2.75) is 78.6 Å². The molecular formula is C78H64BN5S. The first-order valence-corrected chi connectivity index (χ1v) is 27.9. The van der Waals surface area contributed by atoms with Crippen LogP contribution in [0.1, 0.15) is 130 Å². The Kier molecular flexibility index (Phi) is 5.29. The van der Waals surface area contributed by atoms with Crippen LogP contribution in [0.25, 0.3) is 75.2 Å². The van der Waals surface area contributed by atoms with Gasteiger partial charge in [0.05, 0.1) is 95.5 Å². The molecule has 6 heterocycles. The Morgan fingerprint density at radius 3 is 1.53 bits per heavy atom. The third kappa shape index (κ3) is 7.29. The third-order valence-electron chi connectivity index (χ3n) is 15.7. The summed E-state index contributed by atoms with van der Waals surface area (Å²) < 4.78 is 371. The molecule has 7 heteroatoms. The van der Waals surface area contributed by atoms with Crippen molar-refractivity contribution in [2.24, 2.45) is 0 Å². The van der Waals surface area contributed by atoms with E-state index < -0.39 is 363 Å². The van der Waals surface area contributed by atoms with Crippen LogP contribution in [0.15, 0.2) is 224 Å². The topological polar surface area (TPSA) is 19.6 Å². The van der Waals surface area contributed by atoms with Crippen LogP contribution >= 0.6 is 11.3 Å². The zero-order valence-corrected chi connectivity index (χ0v) is 47.5. The van der Waals surface area contributed by atoms with Gasteiger partial charge in [0.2, 0.25) is 0 Å². The summed E-state index contributed by atoms with van der Waals surface area (Å²) in [5.41, 5.74) is -18.3. The Balaban J connectivity index is 1.21. The Labute approximate surface area is 553 Å². The van der Waals surface area contributed by atoms with Crippen molar-refractivity contribution in [3.05, 3.63) is 240 Å². The fourth-order valence-electron chi connectivity index (χ4n) is 11.7. The van der Waals surface area contributed by atoms with Gasteiger partial charge < -0.3 is 23.8 Å². The predicted octanol–water partition coefficient (Wildman–Crippen LogP) is 20.0. The first-order chi connectivity index (χ1) is 56.5. The molecule has 0 N–H and O–H groups in total. The van der Waals surface area contributed by atoms with E-state index >= 15 is 0 Å². The molecule has 85 heavy (non-hydrogen) atoms. The average Bonchev–Trinajstić information content (AvgIpc) is 1.16. The lowest BCUT2D eigenvalue weighted by atomic mass is 9.33. The maximum absolute atomic E-state index is 11.5. The number of hydrogen-bond acceptors (Lipinski definition) is 4. The molecule has 0 saturated heterocycles. The number of benzene rings is 11. The normalized spacial score (nSPS) is 19.7. The van der Waals surface area contributed by atoms with E-state index in [-0.39, 0.29) is 42.9 Å². The maximum atomic E-state index is 11.5. The van der Waals surface area contributed by atoms with E-state index in [0.717, 1.165) is 14.0 Å². The molecule has 0 atom stereocenters. The van der Waals surface area contributed by atoms with Crippen LogP contribution in [0.5, 0.6) is 0 Å². The zero-order valence-electron chi connectivity index (χ0n) is 83.7. The van der Waals surface area contributed by atoms with Gasteiger partial charge in [-0.1, -0.05) is 171 Å². The molecule has 0 saturated carbocycles. The lowest BCUT2D eigenvalue weighted by Crippen LogP contribution is -2.61. The summed E-state index contributed by atoms with van der Waals surface area (Å²) in [7, 11) is 0. The van der Waals surface area contributed by atoms with Gasteiger partial charge in [-0.2, -0.15) is 0 Å². The molecule has 17 rings (SSSR count). The monoisotopic (exact) mass is 1150 g/mol. The smallest absolute Gasteiger partial charge is 0.252 e. The van der Waals surface area contributed by atoms with E-state index in [2.05, 4.69) is 0 Å². The summed E-state index contributed by atoms with van der Waals surface area (Å²) in [5.74, 6) is 0. The van der Waals surface area contributed by atoms with Gasteiger partial charge in [-0.15, -0.1) is 11.3 Å². The van der Waals surface area contributed by atoms with Gasteiger partial charge in [0.1, 0.15) is 0 Å². The van der Waals surface area contributed by atoms with Crippen LogP contribution in [0.4, 0.5) is 51.2 Å². The Morgan fingerprint density at radius 1 is 0.365 bits per heavy atom. The molecule has 0 unspecified atom stereocenters. The Hall–Kier alpha value is -9.30. The van der Waals surface area contributed by atoms with Crippen LogP contribution in [-0.4, -0.2) is 15.8 Å². The number of fused-ring (bicyclic) bond motifs is 15. The van der Waals surface area contributed by atoms with Gasteiger partial charge in [0, 0.05) is 81.5 Å². The molecule has 3 aliphatic heterocycles. The highest BCUT2D eigenvalue weighted by Gasteiger charge is 2.47. The predicted molar refractivity (Wildman–Crippen MR) is 366 cm³/mol. The number of rotatable bonds is 5. The van der Waals surface area contributed by atoms with Gasteiger partial charge in [-0.05, 0) is 164 Å². The van der Waals surface area contributed by atoms with E-state index in [1.807, 2.05) is 0 Å². The summed E-state index contributed by atoms with van der Waals surface area (Å²) in [6.07, 6.45) is 0. The average molecular weight is 1150 g/mol. The van der Waals surface area contributed by atoms with Crippen LogP contribution in [-0.2, 0) is 16.2 Å². The van der Waals surface area contributed by atoms with E-state index in [0.29, 0.717) is 21.1 Å². The molecule has 0 bridgehead atoms. The molecule has 5 nitrogen and oxygen atoms in total. The minimum Gasteiger partial charge on any atom is -0.311 e. The molecule has 0 aliphatic carbocycles. The van der Waals surface area contributed by atoms with Crippen LogP contribution in [0.2, 0.25) is 0 Å². The molecular weight excluding hydrogens is 1050 g/mol. The summed E-state index contributed by atoms with van der Waals surface area (Å²) in [5, 5.41) is -2.26. The molecule has 3 aromatic heterocycles. The summed E-state index contributed by atoms with van der Waals surface area (Å²) in [6.45, 7) is 12.4. The second kappa shape index (κ2) is 17.6. The largest absolute Gasteiger partial charge is 0.311 e. The van der Waals surface area contributed by atoms with E-state index in [1.54, 1.807) is 62.3 Å². The molecule has 3 aliphatic rings. The van der Waals surface area contributed by atoms with Crippen molar-refractivity contribution >= 4 is 149 Å². The van der Waals surface area contributed by atoms with Crippen LogP contribution in [0.3, 0.4) is 0 Å². The lowest BCUT2D eigenvalue weighted by Gasteiger charge is -2.46. The number of aromatic nitrogens is 2. The van der Waals surface area contributed by atoms with Gasteiger partial charge >= 0.3 is 0 Å². The molecule has 410 valence electrons. The third-order valence-corrected chi connectivity index (χ3v) is 16.7. The highest BCUT2D eigenvalue weighted by molar-refractivity contribution is 7.25. The summed E-state index contributed by atoms with van der Waals surface area (Å²) in [6, 6.07) is -35.4. The second-order valence-corrected chi connectivity index (χ2v) is 25.1. The molecule has 0 amide bonds. The first kappa shape index (κ1) is 25.5. The molecule has 0 fully saturated rings. The number of thiophene rings is 1. The number of anilines is 9. The minimum atomic E-state index is -2.34. The van der Waals surface area contributed by atoms with E-state index in [9.17, 15) is 45.2 Å². The molecule has 14 aromatic rings. The van der Waals surface area contributed by atoms with Gasteiger partial charge in [-0.3, -0.25) is 0 Å². The van der Waals surface area contributed by atoms with Crippen molar-refractivity contribution in [3.8, 4) is 11.4 Å². The molecule has 0 spiro atoms. The number of hydrogen-bond donors (Lipinski definition) is 0. The van der Waals surface area contributed by atoms with Crippen LogP contribution < -0.4 is 31.1 Å². The van der Waals surface area contributed by atoms with Crippen molar-refractivity contribution in [3.63, 3.8) is 0 Å². The molecule has 0 radical (unpaired) electrons. The fourth-order valence-corrected chi connectivity index (χ4v) is 12.6. The standard InChI is InChI=1S/C78H64BN5S/c1-76(2,3)47-32-39-65-58(40-47)57-25-18-27-66-74(57)83(65)67-28-19-26-62-75(67)84(66)70-45-54(80(50-20-12-10-13-21-50)51-22-14-11-15-23-51)44-69-73(70)79(62)61-36-34-52(43-68(61)82(69)53-33-35-56-55-24-16-17-29-71(55)85-72(56)46-53)81-63-37-30-48(77(4,5)6)41-59(63)60-42-49(78(7,8)9)31-38-64(60)81/h10-46H,1-9H3/i10D,11D,12D,13D,14D,15D,16D,17D,18D,19D,20D,21D,22D,23D,24D,25D,26D,27D,28D,29D,30D,31D,32D,33D,34D,35D,36D,37D,38D,39D,40D,41D,42D,43D,44D,45D,46D. The highest BCUT2D eigenvalue weighted by atomic mass is 32.1. The van der Waals surface area contributed by atoms with Crippen molar-refractivity contribution in [1.29, 1.82) is 0 Å². The Morgan fingerprint density at radius 2 is 0.894 bits per heavy atom. The lowest BCUT2D eigenvalue weighted by molar-refractivity contribution is 0.590. The van der Waals surface area contributed by atoms with Crippen molar-refractivity contribution in [2.75, 3.05) is 14.7 Å². The Bertz CT molecular complexity index is 7230. The van der Waals surface area contributed by atoms with E-state index in [4.69, 9.17) is 5.48 Å². The number of nitrogens with zero attached hydrogens (tertiary/aromatic N) is 5. The first-order valence-electron chi connectivity index (χ1n) is 45.6. The van der Waals surface area contributed by atoms with Crippen molar-refractivity contribution < 1.29 is 50.7 Å². The summed E-state index contributed by atoms with van der Waals surface area (Å²) in [4.78, 5) is 2.05. The fraction of sp³-hybridized carbons (Fsp3) is 0.154. The van der Waals surface area contributed by atoms with Crippen LogP contribution in [0, 0.1) is 0 Å². The zero-order chi connectivity index (χ0) is 89.8. The van der Waals surface area contributed by atoms with Gasteiger partial charge in [-0.25, -0.2) is 0 Å². The van der Waals surface area contributed by atoms with Gasteiger partial charge in [0.15, 0.2) is 0 Å². The highest BCUT2D eigenvalue weighted by Crippen LogP contribution is 2.55. The second-order valence-electron chi connectivity index (χ2n) is 24.1. The summed E-state index contributed by atoms with van der Waals surface area (Å²) >= 11 is 0.500. The minimum absolute atomic E-state index is 0.0692. The van der Waals surface area contributed by atoms with E-state index in [1.165, 1.54) is 0 Å². The van der Waals surface area contributed by atoms with Crippen molar-refractivity contribution in [1.82, 2.24) is 9.13 Å². The van der Waals surface area contributed by atoms with Gasteiger partial charge in [0.25, 0.3) is 6.71 Å². The molecule has 11 aromatic carbocycles. The SMILES string of the molecule is [2H]c1c([2H])c([2H])c(N(c2c([2H])c([2H])c([2H])c([2H])c2[2H])c2c([2H])c3c4c(c2[2H])N2c5c(c([2H])c([2H])c([2H])c5-n5c6c([2H])c([2H])c(C(C)(C)C)c([2H])c6c6c([2H])c([2H])c([2H])c2c65)B4c2c([2H])c([2H])c(-n4c5c([2H])c([2H])c(C(C)(C)C)c([2H])c5c5c([2H])c(C(C)(C)C)c([2H])c([2H])c54)c([2H])c2N3c2c([2H])c([2H])c3c(sc4c([2H])c([2H])c([2H])c([2H])c43)c2[2H])c([2H])c1[2H].